The quantitative estimate of drug-likeness (QED) is 0.812. The summed E-state index contributed by atoms with van der Waals surface area (Å²) in [5, 5.41) is 3.97. The van der Waals surface area contributed by atoms with Gasteiger partial charge < -0.3 is 4.52 Å². The maximum absolute atomic E-state index is 11.6. The average molecular weight is 242 g/mol. The van der Waals surface area contributed by atoms with E-state index < -0.39 is 0 Å². The lowest BCUT2D eigenvalue weighted by molar-refractivity contribution is -0.119. The van der Waals surface area contributed by atoms with Gasteiger partial charge in [0.15, 0.2) is 0 Å². The Morgan fingerprint density at radius 3 is 3.00 bits per heavy atom. The van der Waals surface area contributed by atoms with Crippen LogP contribution in [0.4, 0.5) is 0 Å². The zero-order valence-electron chi connectivity index (χ0n) is 10.2. The Bertz CT molecular complexity index is 589. The maximum atomic E-state index is 11.6. The third kappa shape index (κ3) is 1.94. The first-order valence-corrected chi connectivity index (χ1v) is 6.17. The number of aromatic nitrogens is 2. The first-order chi connectivity index (χ1) is 8.74. The van der Waals surface area contributed by atoms with E-state index in [1.54, 1.807) is 0 Å². The second kappa shape index (κ2) is 4.37. The van der Waals surface area contributed by atoms with E-state index in [0.29, 0.717) is 18.1 Å². The molecule has 0 radical (unpaired) electrons. The van der Waals surface area contributed by atoms with Crippen LogP contribution >= 0.6 is 0 Å². The van der Waals surface area contributed by atoms with Crippen molar-refractivity contribution in [3.05, 3.63) is 35.7 Å². The summed E-state index contributed by atoms with van der Waals surface area (Å²) in [6.45, 7) is 2.02. The molecular weight excluding hydrogens is 228 g/mol. The fraction of sp³-hybridized carbons (Fsp3) is 0.357. The highest BCUT2D eigenvalue weighted by atomic mass is 16.5. The number of benzene rings is 1. The first kappa shape index (κ1) is 11.1. The summed E-state index contributed by atoms with van der Waals surface area (Å²) < 4.78 is 5.23. The van der Waals surface area contributed by atoms with Gasteiger partial charge >= 0.3 is 0 Å². The lowest BCUT2D eigenvalue weighted by atomic mass is 10.1. The van der Waals surface area contributed by atoms with E-state index in [-0.39, 0.29) is 11.7 Å². The Kier molecular flexibility index (Phi) is 2.70. The number of carbonyl (C=O) groups excluding carboxylic acids is 1. The zero-order valence-corrected chi connectivity index (χ0v) is 10.2. The molecule has 0 N–H and O–H groups in total. The van der Waals surface area contributed by atoms with Gasteiger partial charge in [0.2, 0.25) is 11.7 Å². The van der Waals surface area contributed by atoms with Gasteiger partial charge in [-0.05, 0) is 25.8 Å². The molecule has 0 spiro atoms. The molecule has 4 nitrogen and oxygen atoms in total. The molecule has 1 fully saturated rings. The van der Waals surface area contributed by atoms with Gasteiger partial charge in [0.1, 0.15) is 5.78 Å². The van der Waals surface area contributed by atoms with Crippen LogP contribution in [0.3, 0.4) is 0 Å². The summed E-state index contributed by atoms with van der Waals surface area (Å²) in [7, 11) is 0. The summed E-state index contributed by atoms with van der Waals surface area (Å²) in [5.41, 5.74) is 2.08. The number of hydrogen-bond acceptors (Lipinski definition) is 4. The predicted molar refractivity (Wildman–Crippen MR) is 66.1 cm³/mol. The summed E-state index contributed by atoms with van der Waals surface area (Å²) in [6.07, 6.45) is 2.38. The SMILES string of the molecule is Cc1cccc(-c2noc(C3CCCC3=O)n2)c1. The Hall–Kier alpha value is -1.97. The molecule has 1 aliphatic rings. The van der Waals surface area contributed by atoms with Crippen LogP contribution in [0.1, 0.15) is 36.6 Å². The van der Waals surface area contributed by atoms with Crippen LogP contribution in [-0.4, -0.2) is 15.9 Å². The monoisotopic (exact) mass is 242 g/mol. The number of ketones is 1. The Morgan fingerprint density at radius 2 is 2.28 bits per heavy atom. The van der Waals surface area contributed by atoms with Crippen LogP contribution < -0.4 is 0 Å². The van der Waals surface area contributed by atoms with E-state index in [0.717, 1.165) is 24.0 Å². The van der Waals surface area contributed by atoms with Gasteiger partial charge in [-0.25, -0.2) is 0 Å². The highest BCUT2D eigenvalue weighted by Gasteiger charge is 2.30. The number of Topliss-reactive ketones (excluding diaryl/α,β-unsaturated/α-hetero) is 1. The number of aryl methyl sites for hydroxylation is 1. The van der Waals surface area contributed by atoms with Crippen molar-refractivity contribution in [1.29, 1.82) is 0 Å². The lowest BCUT2D eigenvalue weighted by Crippen LogP contribution is -2.04. The van der Waals surface area contributed by atoms with Gasteiger partial charge in [0, 0.05) is 12.0 Å². The molecule has 2 aromatic rings. The van der Waals surface area contributed by atoms with Crippen LogP contribution in [0.2, 0.25) is 0 Å². The lowest BCUT2D eigenvalue weighted by Gasteiger charge is -1.98. The summed E-state index contributed by atoms with van der Waals surface area (Å²) >= 11 is 0. The van der Waals surface area contributed by atoms with Crippen molar-refractivity contribution in [1.82, 2.24) is 10.1 Å². The van der Waals surface area contributed by atoms with Crippen LogP contribution in [0, 0.1) is 6.92 Å². The van der Waals surface area contributed by atoms with Gasteiger partial charge in [0.05, 0.1) is 5.92 Å². The van der Waals surface area contributed by atoms with Gasteiger partial charge in [-0.2, -0.15) is 4.98 Å². The number of nitrogens with zero attached hydrogens (tertiary/aromatic N) is 2. The molecule has 1 unspecified atom stereocenters. The molecule has 0 amide bonds. The van der Waals surface area contributed by atoms with E-state index >= 15 is 0 Å². The Morgan fingerprint density at radius 1 is 1.39 bits per heavy atom. The minimum Gasteiger partial charge on any atom is -0.338 e. The van der Waals surface area contributed by atoms with Gasteiger partial charge in [0.25, 0.3) is 0 Å². The fourth-order valence-corrected chi connectivity index (χ4v) is 2.35. The minimum absolute atomic E-state index is 0.184. The molecular formula is C14H14N2O2. The van der Waals surface area contributed by atoms with Crippen molar-refractivity contribution in [3.63, 3.8) is 0 Å². The predicted octanol–water partition coefficient (Wildman–Crippen LogP) is 2.88. The van der Waals surface area contributed by atoms with Crippen LogP contribution in [0.5, 0.6) is 0 Å². The van der Waals surface area contributed by atoms with Crippen LogP contribution in [-0.2, 0) is 4.79 Å². The summed E-state index contributed by atoms with van der Waals surface area (Å²) in [6, 6.07) is 7.93. The molecule has 1 aromatic carbocycles. The second-order valence-corrected chi connectivity index (χ2v) is 4.74. The number of rotatable bonds is 2. The smallest absolute Gasteiger partial charge is 0.237 e. The van der Waals surface area contributed by atoms with E-state index in [1.807, 2.05) is 31.2 Å². The van der Waals surface area contributed by atoms with Crippen molar-refractivity contribution >= 4 is 5.78 Å². The van der Waals surface area contributed by atoms with Crippen molar-refractivity contribution in [2.45, 2.75) is 32.1 Å². The molecule has 4 heteroatoms. The van der Waals surface area contributed by atoms with Gasteiger partial charge in [-0.3, -0.25) is 4.79 Å². The van der Waals surface area contributed by atoms with Crippen molar-refractivity contribution in [3.8, 4) is 11.4 Å². The molecule has 1 heterocycles. The summed E-state index contributed by atoms with van der Waals surface area (Å²) in [5.74, 6) is 1.06. The molecule has 1 saturated carbocycles. The third-order valence-corrected chi connectivity index (χ3v) is 3.32. The minimum atomic E-state index is -0.184. The highest BCUT2D eigenvalue weighted by Crippen LogP contribution is 2.31. The molecule has 1 aromatic heterocycles. The molecule has 1 atom stereocenters. The van der Waals surface area contributed by atoms with E-state index in [4.69, 9.17) is 4.52 Å². The standard InChI is InChI=1S/C14H14N2O2/c1-9-4-2-5-10(8-9)13-15-14(18-16-13)11-6-3-7-12(11)17/h2,4-5,8,11H,3,6-7H2,1H3. The second-order valence-electron chi connectivity index (χ2n) is 4.74. The molecule has 3 rings (SSSR count). The van der Waals surface area contributed by atoms with Crippen molar-refractivity contribution in [2.75, 3.05) is 0 Å². The number of carbonyl (C=O) groups is 1. The molecule has 0 saturated heterocycles. The molecule has 18 heavy (non-hydrogen) atoms. The molecule has 1 aliphatic carbocycles. The van der Waals surface area contributed by atoms with Crippen LogP contribution in [0.15, 0.2) is 28.8 Å². The van der Waals surface area contributed by atoms with Gasteiger partial charge in [-0.1, -0.05) is 28.9 Å². The van der Waals surface area contributed by atoms with E-state index in [2.05, 4.69) is 10.1 Å². The Balaban J connectivity index is 1.92. The molecule has 0 bridgehead atoms. The Labute approximate surface area is 105 Å². The maximum Gasteiger partial charge on any atom is 0.237 e. The molecule has 0 aliphatic heterocycles. The third-order valence-electron chi connectivity index (χ3n) is 3.32. The normalized spacial score (nSPS) is 19.4. The zero-order chi connectivity index (χ0) is 12.5. The van der Waals surface area contributed by atoms with Crippen molar-refractivity contribution in [2.24, 2.45) is 0 Å². The van der Waals surface area contributed by atoms with E-state index in [9.17, 15) is 4.79 Å². The fourth-order valence-electron chi connectivity index (χ4n) is 2.35. The molecule has 92 valence electrons. The van der Waals surface area contributed by atoms with Crippen LogP contribution in [0.25, 0.3) is 11.4 Å². The number of hydrogen-bond donors (Lipinski definition) is 0. The summed E-state index contributed by atoms with van der Waals surface area (Å²) in [4.78, 5) is 16.0. The van der Waals surface area contributed by atoms with Crippen molar-refractivity contribution < 1.29 is 9.32 Å². The first-order valence-electron chi connectivity index (χ1n) is 6.17. The highest BCUT2D eigenvalue weighted by molar-refractivity contribution is 5.86. The van der Waals surface area contributed by atoms with E-state index in [1.165, 1.54) is 0 Å². The topological polar surface area (TPSA) is 56.0 Å². The van der Waals surface area contributed by atoms with Gasteiger partial charge in [-0.15, -0.1) is 0 Å². The average Bonchev–Trinajstić information content (AvgIpc) is 2.97. The largest absolute Gasteiger partial charge is 0.338 e.